The molecule has 11 heteroatoms. The summed E-state index contributed by atoms with van der Waals surface area (Å²) in [4.78, 5) is 47.6. The maximum Gasteiger partial charge on any atom is 0.508 e. The van der Waals surface area contributed by atoms with Crippen molar-refractivity contribution in [3.8, 4) is 0 Å². The van der Waals surface area contributed by atoms with Gasteiger partial charge in [-0.15, -0.1) is 0 Å². The molecular weight excluding hydrogens is 420 g/mol. The van der Waals surface area contributed by atoms with Crippen LogP contribution in [0.3, 0.4) is 0 Å². The van der Waals surface area contributed by atoms with E-state index in [0.29, 0.717) is 11.1 Å². The number of allylic oxidation sites excluding steroid dienone is 1. The summed E-state index contributed by atoms with van der Waals surface area (Å²) in [7, 11) is 1.20. The summed E-state index contributed by atoms with van der Waals surface area (Å²) in [5.41, 5.74) is 0.137. The molecule has 0 radical (unpaired) electrons. The van der Waals surface area contributed by atoms with Gasteiger partial charge in [-0.3, -0.25) is 19.8 Å². The largest absolute Gasteiger partial charge is 0.508 e. The second kappa shape index (κ2) is 9.57. The number of esters is 1. The first-order valence-corrected chi connectivity index (χ1v) is 9.31. The monoisotopic (exact) mass is 440 g/mol. The molecule has 0 aromatic heterocycles. The van der Waals surface area contributed by atoms with Gasteiger partial charge in [0.25, 0.3) is 5.69 Å². The number of alkyl halides is 1. The Morgan fingerprint density at radius 2 is 1.87 bits per heavy atom. The number of halogens is 1. The zero-order chi connectivity index (χ0) is 22.6. The number of rotatable bonds is 7. The van der Waals surface area contributed by atoms with E-state index in [0.717, 1.165) is 4.90 Å². The molecule has 3 atom stereocenters. The van der Waals surface area contributed by atoms with Crippen LogP contribution in [0.25, 0.3) is 0 Å². The lowest BCUT2D eigenvalue weighted by molar-refractivity contribution is -0.384. The average Bonchev–Trinajstić information content (AvgIpc) is 2.69. The molecule has 10 nitrogen and oxygen atoms in total. The minimum atomic E-state index is -1.02. The van der Waals surface area contributed by atoms with Crippen LogP contribution in [0.15, 0.2) is 35.5 Å². The second-order valence-corrected chi connectivity index (χ2v) is 7.18. The van der Waals surface area contributed by atoms with Crippen molar-refractivity contribution >= 4 is 35.3 Å². The van der Waals surface area contributed by atoms with Gasteiger partial charge >= 0.3 is 12.1 Å². The fraction of sp³-hybridized carbons (Fsp3) is 0.421. The SMILES string of the molecule is COC(=O)C(=C(C)C)N1C(=O)[C@H]([C@@H](C)OC(=O)OCc2ccc([N+](=O)[O-])cc2)C1Cl. The fourth-order valence-electron chi connectivity index (χ4n) is 2.89. The van der Waals surface area contributed by atoms with E-state index in [9.17, 15) is 24.5 Å². The third-order valence-electron chi connectivity index (χ3n) is 4.45. The van der Waals surface area contributed by atoms with Crippen LogP contribution in [0.2, 0.25) is 0 Å². The van der Waals surface area contributed by atoms with E-state index in [-0.39, 0.29) is 18.0 Å². The van der Waals surface area contributed by atoms with E-state index < -0.39 is 40.5 Å². The zero-order valence-corrected chi connectivity index (χ0v) is 17.5. The Bertz CT molecular complexity index is 879. The Labute approximate surface area is 177 Å². The first-order chi connectivity index (χ1) is 14.1. The van der Waals surface area contributed by atoms with Crippen LogP contribution in [0.4, 0.5) is 10.5 Å². The van der Waals surface area contributed by atoms with Crippen LogP contribution >= 0.6 is 11.6 Å². The molecule has 1 heterocycles. The molecule has 30 heavy (non-hydrogen) atoms. The van der Waals surface area contributed by atoms with Crippen molar-refractivity contribution in [1.29, 1.82) is 0 Å². The standard InChI is InChI=1S/C19H21ClN2O8/c1-10(2)15(18(24)28-4)21-16(20)14(17(21)23)11(3)30-19(25)29-9-12-5-7-13(8-6-12)22(26)27/h5-8,11,14,16H,9H2,1-4H3/t11-,14-,16?/m1/s1. The van der Waals surface area contributed by atoms with Crippen LogP contribution in [0, 0.1) is 16.0 Å². The smallest absolute Gasteiger partial charge is 0.464 e. The van der Waals surface area contributed by atoms with Gasteiger partial charge in [0, 0.05) is 12.1 Å². The van der Waals surface area contributed by atoms with Crippen LogP contribution in [-0.4, -0.2) is 46.6 Å². The minimum Gasteiger partial charge on any atom is -0.464 e. The number of non-ortho nitro benzene ring substituents is 1. The van der Waals surface area contributed by atoms with E-state index in [4.69, 9.17) is 21.1 Å². The van der Waals surface area contributed by atoms with Gasteiger partial charge in [-0.25, -0.2) is 9.59 Å². The van der Waals surface area contributed by atoms with Crippen molar-refractivity contribution in [2.75, 3.05) is 7.11 Å². The fourth-order valence-corrected chi connectivity index (χ4v) is 3.40. The van der Waals surface area contributed by atoms with Crippen LogP contribution in [0.5, 0.6) is 0 Å². The number of hydrogen-bond donors (Lipinski definition) is 0. The van der Waals surface area contributed by atoms with Crippen molar-refractivity contribution in [2.45, 2.75) is 39.0 Å². The first kappa shape index (κ1) is 23.1. The number of methoxy groups -OCH3 is 1. The topological polar surface area (TPSA) is 125 Å². The normalized spacial score (nSPS) is 18.7. The third-order valence-corrected chi connectivity index (χ3v) is 4.92. The summed E-state index contributed by atoms with van der Waals surface area (Å²) >= 11 is 6.28. The number of carbonyl (C=O) groups is 3. The highest BCUT2D eigenvalue weighted by Gasteiger charge is 2.53. The molecule has 1 saturated heterocycles. The number of likely N-dealkylation sites (tertiary alicyclic amines) is 1. The predicted molar refractivity (Wildman–Crippen MR) is 104 cm³/mol. The summed E-state index contributed by atoms with van der Waals surface area (Å²) in [5.74, 6) is -2.03. The van der Waals surface area contributed by atoms with Crippen LogP contribution < -0.4 is 0 Å². The van der Waals surface area contributed by atoms with Crippen molar-refractivity contribution in [1.82, 2.24) is 4.90 Å². The van der Waals surface area contributed by atoms with Crippen molar-refractivity contribution in [2.24, 2.45) is 5.92 Å². The predicted octanol–water partition coefficient (Wildman–Crippen LogP) is 3.13. The third kappa shape index (κ3) is 4.88. The van der Waals surface area contributed by atoms with Gasteiger partial charge in [-0.1, -0.05) is 11.6 Å². The number of amides is 1. The number of ether oxygens (including phenoxy) is 3. The van der Waals surface area contributed by atoms with E-state index in [1.54, 1.807) is 13.8 Å². The molecule has 2 rings (SSSR count). The lowest BCUT2D eigenvalue weighted by Crippen LogP contribution is -2.62. The van der Waals surface area contributed by atoms with E-state index in [1.807, 2.05) is 0 Å². The quantitative estimate of drug-likeness (QED) is 0.120. The first-order valence-electron chi connectivity index (χ1n) is 8.88. The Balaban J connectivity index is 1.93. The molecule has 0 spiro atoms. The van der Waals surface area contributed by atoms with Crippen LogP contribution in [0.1, 0.15) is 26.3 Å². The summed E-state index contributed by atoms with van der Waals surface area (Å²) < 4.78 is 14.8. The Kier molecular flexibility index (Phi) is 7.38. The molecule has 0 bridgehead atoms. The highest BCUT2D eigenvalue weighted by molar-refractivity contribution is 6.26. The van der Waals surface area contributed by atoms with E-state index >= 15 is 0 Å². The number of benzene rings is 1. The summed E-state index contributed by atoms with van der Waals surface area (Å²) in [6, 6.07) is 5.47. The zero-order valence-electron chi connectivity index (χ0n) is 16.8. The van der Waals surface area contributed by atoms with Gasteiger partial charge in [-0.2, -0.15) is 0 Å². The lowest BCUT2D eigenvalue weighted by atomic mass is 9.91. The van der Waals surface area contributed by atoms with Gasteiger partial charge in [0.1, 0.15) is 29.8 Å². The highest BCUT2D eigenvalue weighted by Crippen LogP contribution is 2.38. The molecule has 0 aliphatic carbocycles. The molecular formula is C19H21ClN2O8. The summed E-state index contributed by atoms with van der Waals surface area (Å²) in [6.07, 6.45) is -1.93. The van der Waals surface area contributed by atoms with Gasteiger partial charge in [0.05, 0.1) is 12.0 Å². The molecule has 162 valence electrons. The molecule has 1 aromatic rings. The lowest BCUT2D eigenvalue weighted by Gasteiger charge is -2.45. The molecule has 0 N–H and O–H groups in total. The van der Waals surface area contributed by atoms with Crippen molar-refractivity contribution in [3.05, 3.63) is 51.2 Å². The van der Waals surface area contributed by atoms with Crippen molar-refractivity contribution < 1.29 is 33.5 Å². The van der Waals surface area contributed by atoms with Crippen LogP contribution in [-0.2, 0) is 30.4 Å². The van der Waals surface area contributed by atoms with Gasteiger partial charge in [0.15, 0.2) is 0 Å². The number of hydrogen-bond acceptors (Lipinski definition) is 8. The Morgan fingerprint density at radius 3 is 2.33 bits per heavy atom. The van der Waals surface area contributed by atoms with E-state index in [1.165, 1.54) is 38.3 Å². The van der Waals surface area contributed by atoms with Gasteiger partial charge in [-0.05, 0) is 44.0 Å². The minimum absolute atomic E-state index is 0.0479. The summed E-state index contributed by atoms with van der Waals surface area (Å²) in [5, 5.41) is 10.6. The molecule has 1 aliphatic rings. The second-order valence-electron chi connectivity index (χ2n) is 6.73. The molecule has 1 aliphatic heterocycles. The van der Waals surface area contributed by atoms with Gasteiger partial charge < -0.3 is 14.2 Å². The Hall–Kier alpha value is -3.14. The maximum atomic E-state index is 12.5. The number of nitrogens with zero attached hydrogens (tertiary/aromatic N) is 2. The molecule has 1 amide bonds. The number of nitro benzene ring substituents is 1. The Morgan fingerprint density at radius 1 is 1.27 bits per heavy atom. The molecule has 0 saturated carbocycles. The summed E-state index contributed by atoms with van der Waals surface area (Å²) in [6.45, 7) is 4.61. The molecule has 1 unspecified atom stereocenters. The average molecular weight is 441 g/mol. The number of carbonyl (C=O) groups excluding carboxylic acids is 3. The number of nitro groups is 1. The van der Waals surface area contributed by atoms with Crippen molar-refractivity contribution in [3.63, 3.8) is 0 Å². The highest BCUT2D eigenvalue weighted by atomic mass is 35.5. The molecule has 1 fully saturated rings. The van der Waals surface area contributed by atoms with Gasteiger partial charge in [0.2, 0.25) is 5.91 Å². The van der Waals surface area contributed by atoms with E-state index in [2.05, 4.69) is 4.74 Å². The number of β-lactam (4-membered cyclic amide) rings is 1. The molecule has 1 aromatic carbocycles. The maximum absolute atomic E-state index is 12.5.